The number of carbonyl (C=O) groups is 2. The summed E-state index contributed by atoms with van der Waals surface area (Å²) < 4.78 is 16.0. The number of amides is 2. The highest BCUT2D eigenvalue weighted by atomic mass is 35.5. The normalized spacial score (nSPS) is 11.4. The Balaban J connectivity index is 1.54. The van der Waals surface area contributed by atoms with E-state index in [1.807, 2.05) is 13.0 Å². The first-order valence-corrected chi connectivity index (χ1v) is 10.1. The van der Waals surface area contributed by atoms with E-state index in [0.717, 1.165) is 22.3 Å². The van der Waals surface area contributed by atoms with Gasteiger partial charge in [-0.25, -0.2) is 4.79 Å². The SMILES string of the molecule is Cc1cc(COc2cc3[nH]c(CNC(=O)CNC(=O)OC(C)(C)C)cc3cc2Cl)on1. The lowest BCUT2D eigenvalue weighted by atomic mass is 10.2. The minimum Gasteiger partial charge on any atom is -0.484 e. The standard InChI is InChI=1S/C21H25ClN4O5/c1-12-5-15(31-26-12)11-29-18-8-17-13(7-16(18)22)6-14(25-17)9-23-19(27)10-24-20(28)30-21(2,3)4/h5-8,25H,9-11H2,1-4H3,(H,23,27)(H,24,28). The second-order valence-corrected chi connectivity index (χ2v) is 8.43. The highest BCUT2D eigenvalue weighted by molar-refractivity contribution is 6.32. The predicted molar refractivity (Wildman–Crippen MR) is 115 cm³/mol. The summed E-state index contributed by atoms with van der Waals surface area (Å²) in [4.78, 5) is 26.8. The zero-order chi connectivity index (χ0) is 22.6. The molecule has 0 saturated heterocycles. The molecule has 10 heteroatoms. The predicted octanol–water partition coefficient (Wildman–Crippen LogP) is 3.84. The van der Waals surface area contributed by atoms with Crippen LogP contribution in [0.2, 0.25) is 5.02 Å². The molecule has 9 nitrogen and oxygen atoms in total. The van der Waals surface area contributed by atoms with Crippen LogP contribution in [0.5, 0.6) is 5.75 Å². The highest BCUT2D eigenvalue weighted by Crippen LogP contribution is 2.31. The van der Waals surface area contributed by atoms with E-state index in [-0.39, 0.29) is 25.6 Å². The molecule has 1 aromatic carbocycles. The zero-order valence-electron chi connectivity index (χ0n) is 17.8. The lowest BCUT2D eigenvalue weighted by Gasteiger charge is -2.19. The minimum atomic E-state index is -0.643. The number of hydrogen-bond donors (Lipinski definition) is 3. The number of halogens is 1. The van der Waals surface area contributed by atoms with Crippen molar-refractivity contribution in [3.63, 3.8) is 0 Å². The second kappa shape index (κ2) is 9.30. The quantitative estimate of drug-likeness (QED) is 0.505. The first kappa shape index (κ1) is 22.5. The van der Waals surface area contributed by atoms with Crippen LogP contribution in [0.4, 0.5) is 4.79 Å². The van der Waals surface area contributed by atoms with E-state index in [4.69, 9.17) is 25.6 Å². The summed E-state index contributed by atoms with van der Waals surface area (Å²) in [6.45, 7) is 7.37. The lowest BCUT2D eigenvalue weighted by Crippen LogP contribution is -2.39. The van der Waals surface area contributed by atoms with Crippen molar-refractivity contribution in [2.45, 2.75) is 46.4 Å². The van der Waals surface area contributed by atoms with Crippen molar-refractivity contribution < 1.29 is 23.6 Å². The number of rotatable bonds is 7. The van der Waals surface area contributed by atoms with E-state index in [0.29, 0.717) is 16.5 Å². The Morgan fingerprint density at radius 3 is 2.65 bits per heavy atom. The van der Waals surface area contributed by atoms with Gasteiger partial charge >= 0.3 is 6.09 Å². The fourth-order valence-electron chi connectivity index (χ4n) is 2.76. The molecular weight excluding hydrogens is 424 g/mol. The number of nitrogens with one attached hydrogen (secondary N) is 3. The van der Waals surface area contributed by atoms with Crippen molar-refractivity contribution >= 4 is 34.5 Å². The van der Waals surface area contributed by atoms with Crippen molar-refractivity contribution in [1.82, 2.24) is 20.8 Å². The Morgan fingerprint density at radius 1 is 1.19 bits per heavy atom. The van der Waals surface area contributed by atoms with Crippen LogP contribution < -0.4 is 15.4 Å². The Morgan fingerprint density at radius 2 is 1.97 bits per heavy atom. The number of carbonyl (C=O) groups excluding carboxylic acids is 2. The summed E-state index contributed by atoms with van der Waals surface area (Å²) in [5, 5.41) is 10.3. The summed E-state index contributed by atoms with van der Waals surface area (Å²) >= 11 is 6.32. The summed E-state index contributed by atoms with van der Waals surface area (Å²) in [5.41, 5.74) is 1.74. The Kier molecular flexibility index (Phi) is 6.74. The number of ether oxygens (including phenoxy) is 2. The summed E-state index contributed by atoms with van der Waals surface area (Å²) in [6, 6.07) is 7.24. The van der Waals surface area contributed by atoms with Crippen LogP contribution in [0.15, 0.2) is 28.8 Å². The zero-order valence-corrected chi connectivity index (χ0v) is 18.6. The molecule has 0 spiro atoms. The van der Waals surface area contributed by atoms with Crippen LogP contribution >= 0.6 is 11.6 Å². The molecule has 0 aliphatic carbocycles. The van der Waals surface area contributed by atoms with Gasteiger partial charge in [-0.1, -0.05) is 16.8 Å². The monoisotopic (exact) mass is 448 g/mol. The first-order valence-electron chi connectivity index (χ1n) is 9.69. The van der Waals surface area contributed by atoms with Gasteiger partial charge in [0.15, 0.2) is 5.76 Å². The Labute approximate surface area is 184 Å². The molecule has 2 heterocycles. The van der Waals surface area contributed by atoms with Crippen LogP contribution in [0.3, 0.4) is 0 Å². The van der Waals surface area contributed by atoms with Crippen LogP contribution in [0, 0.1) is 6.92 Å². The molecule has 2 aromatic heterocycles. The summed E-state index contributed by atoms with van der Waals surface area (Å²) in [7, 11) is 0. The number of fused-ring (bicyclic) bond motifs is 1. The molecule has 0 fully saturated rings. The van der Waals surface area contributed by atoms with Crippen LogP contribution in [-0.4, -0.2) is 34.3 Å². The number of hydrogen-bond acceptors (Lipinski definition) is 6. The van der Waals surface area contributed by atoms with Crippen LogP contribution in [0.1, 0.15) is 37.9 Å². The molecule has 3 rings (SSSR count). The van der Waals surface area contributed by atoms with Gasteiger partial charge in [0.1, 0.15) is 24.5 Å². The largest absolute Gasteiger partial charge is 0.484 e. The van der Waals surface area contributed by atoms with Crippen molar-refractivity contribution in [3.8, 4) is 5.75 Å². The number of nitrogens with zero attached hydrogens (tertiary/aromatic N) is 1. The maximum atomic E-state index is 12.0. The molecule has 3 N–H and O–H groups in total. The molecule has 0 atom stereocenters. The number of aromatic amines is 1. The van der Waals surface area contributed by atoms with Crippen molar-refractivity contribution in [1.29, 1.82) is 0 Å². The van der Waals surface area contributed by atoms with Crippen LogP contribution in [-0.2, 0) is 22.7 Å². The van der Waals surface area contributed by atoms with Crippen LogP contribution in [0.25, 0.3) is 10.9 Å². The van der Waals surface area contributed by atoms with Crippen molar-refractivity contribution in [2.75, 3.05) is 6.54 Å². The maximum absolute atomic E-state index is 12.0. The van der Waals surface area contributed by atoms with Gasteiger partial charge in [-0.2, -0.15) is 0 Å². The van der Waals surface area contributed by atoms with E-state index >= 15 is 0 Å². The van der Waals surface area contributed by atoms with Crippen molar-refractivity contribution in [2.24, 2.45) is 0 Å². The molecule has 0 saturated carbocycles. The van der Waals surface area contributed by atoms with E-state index in [1.54, 1.807) is 39.0 Å². The van der Waals surface area contributed by atoms with Gasteiger partial charge in [0.2, 0.25) is 5.91 Å². The summed E-state index contributed by atoms with van der Waals surface area (Å²) in [5.74, 6) is 0.764. The van der Waals surface area contributed by atoms with E-state index < -0.39 is 11.7 Å². The molecule has 0 unspecified atom stereocenters. The number of benzene rings is 1. The van der Waals surface area contributed by atoms with Gasteiger partial charge in [0.25, 0.3) is 0 Å². The molecule has 0 aliphatic heterocycles. The molecular formula is C21H25ClN4O5. The topological polar surface area (TPSA) is 118 Å². The second-order valence-electron chi connectivity index (χ2n) is 8.02. The fraction of sp³-hybridized carbons (Fsp3) is 0.381. The Hall–Kier alpha value is -3.20. The first-order chi connectivity index (χ1) is 14.6. The van der Waals surface area contributed by atoms with Gasteiger partial charge in [-0.05, 0) is 39.8 Å². The van der Waals surface area contributed by atoms with Crippen molar-refractivity contribution in [3.05, 3.63) is 46.4 Å². The molecule has 0 radical (unpaired) electrons. The Bertz CT molecular complexity index is 1080. The molecule has 0 bridgehead atoms. The van der Waals surface area contributed by atoms with Gasteiger partial charge in [-0.15, -0.1) is 0 Å². The molecule has 166 valence electrons. The molecule has 2 amide bonds. The average Bonchev–Trinajstić information content (AvgIpc) is 3.26. The third-order valence-corrected chi connectivity index (χ3v) is 4.34. The number of aryl methyl sites for hydroxylation is 1. The van der Waals surface area contributed by atoms with E-state index in [9.17, 15) is 9.59 Å². The highest BCUT2D eigenvalue weighted by Gasteiger charge is 2.16. The van der Waals surface area contributed by atoms with Gasteiger partial charge in [0, 0.05) is 28.7 Å². The molecule has 0 aliphatic rings. The maximum Gasteiger partial charge on any atom is 0.408 e. The van der Waals surface area contributed by atoms with E-state index in [2.05, 4.69) is 20.8 Å². The molecule has 31 heavy (non-hydrogen) atoms. The average molecular weight is 449 g/mol. The number of aromatic nitrogens is 2. The number of alkyl carbamates (subject to hydrolysis) is 1. The number of H-pyrrole nitrogens is 1. The molecule has 3 aromatic rings. The van der Waals surface area contributed by atoms with Gasteiger partial charge < -0.3 is 29.6 Å². The lowest BCUT2D eigenvalue weighted by molar-refractivity contribution is -0.120. The van der Waals surface area contributed by atoms with E-state index in [1.165, 1.54) is 0 Å². The fourth-order valence-corrected chi connectivity index (χ4v) is 2.98. The van der Waals surface area contributed by atoms with Gasteiger partial charge in [-0.3, -0.25) is 4.79 Å². The minimum absolute atomic E-state index is 0.180. The summed E-state index contributed by atoms with van der Waals surface area (Å²) in [6.07, 6.45) is -0.643. The smallest absolute Gasteiger partial charge is 0.408 e. The third-order valence-electron chi connectivity index (χ3n) is 4.04. The van der Waals surface area contributed by atoms with Gasteiger partial charge in [0.05, 0.1) is 17.3 Å². The third kappa shape index (κ3) is 6.65.